The predicted molar refractivity (Wildman–Crippen MR) is 134 cm³/mol. The second kappa shape index (κ2) is 8.85. The lowest BCUT2D eigenvalue weighted by Gasteiger charge is -2.61. The number of ether oxygens (including phenoxy) is 2. The molecule has 0 bridgehead atoms. The Morgan fingerprint density at radius 3 is 2.70 bits per heavy atom. The van der Waals surface area contributed by atoms with Gasteiger partial charge in [-0.2, -0.15) is 0 Å². The van der Waals surface area contributed by atoms with Crippen molar-refractivity contribution in [3.63, 3.8) is 0 Å². The van der Waals surface area contributed by atoms with Crippen LogP contribution in [0.15, 0.2) is 27.6 Å². The third kappa shape index (κ3) is 3.84. The van der Waals surface area contributed by atoms with Crippen LogP contribution in [-0.2, 0) is 14.3 Å². The molecule has 5 fully saturated rings. The number of carboxylic acids is 1. The quantitative estimate of drug-likeness (QED) is 0.412. The van der Waals surface area contributed by atoms with E-state index >= 15 is 0 Å². The van der Waals surface area contributed by atoms with E-state index in [9.17, 15) is 14.4 Å². The van der Waals surface area contributed by atoms with Crippen LogP contribution in [0, 0.1) is 28.6 Å². The number of epoxide rings is 1. The normalized spacial score (nSPS) is 43.5. The molecule has 0 unspecified atom stereocenters. The van der Waals surface area contributed by atoms with Gasteiger partial charge in [-0.05, 0) is 98.5 Å². The van der Waals surface area contributed by atoms with Gasteiger partial charge in [-0.3, -0.25) is 4.79 Å². The minimum absolute atomic E-state index is 0.0420. The first-order valence-corrected chi connectivity index (χ1v) is 14.1. The van der Waals surface area contributed by atoms with E-state index < -0.39 is 12.1 Å². The lowest BCUT2D eigenvalue weighted by Crippen LogP contribution is -2.58. The minimum Gasteiger partial charge on any atom is -0.481 e. The van der Waals surface area contributed by atoms with Gasteiger partial charge in [-0.25, -0.2) is 9.59 Å². The number of nitrogens with one attached hydrogen (secondary N) is 1. The molecule has 5 aliphatic rings. The number of carbonyl (C=O) groups excluding carboxylic acids is 1. The van der Waals surface area contributed by atoms with Crippen molar-refractivity contribution in [2.75, 3.05) is 6.54 Å². The predicted octanol–water partition coefficient (Wildman–Crippen LogP) is 4.86. The molecule has 9 atom stereocenters. The van der Waals surface area contributed by atoms with Gasteiger partial charge in [0.05, 0.1) is 12.4 Å². The highest BCUT2D eigenvalue weighted by Gasteiger charge is 2.80. The van der Waals surface area contributed by atoms with Gasteiger partial charge >= 0.3 is 17.7 Å². The van der Waals surface area contributed by atoms with Gasteiger partial charge in [0.25, 0.3) is 0 Å². The topological polar surface area (TPSA) is 118 Å². The molecule has 1 aromatic rings. The molecule has 0 radical (unpaired) electrons. The van der Waals surface area contributed by atoms with E-state index in [-0.39, 0.29) is 34.6 Å². The van der Waals surface area contributed by atoms with Crippen molar-refractivity contribution in [1.29, 1.82) is 0 Å². The van der Waals surface area contributed by atoms with Crippen molar-refractivity contribution in [3.8, 4) is 0 Å². The fourth-order valence-electron chi connectivity index (χ4n) is 9.45. The number of amides is 1. The molecule has 2 N–H and O–H groups in total. The Hall–Kier alpha value is -2.35. The van der Waals surface area contributed by atoms with E-state index in [1.807, 2.05) is 6.07 Å². The number of alkyl carbamates (subject to hydrolysis) is 1. The van der Waals surface area contributed by atoms with Crippen molar-refractivity contribution in [1.82, 2.24) is 5.32 Å². The van der Waals surface area contributed by atoms with Crippen LogP contribution < -0.4 is 10.9 Å². The van der Waals surface area contributed by atoms with Crippen LogP contribution in [0.4, 0.5) is 4.79 Å². The largest absolute Gasteiger partial charge is 0.481 e. The van der Waals surface area contributed by atoms with Gasteiger partial charge in [0, 0.05) is 24.4 Å². The molecule has 6 rings (SSSR count). The summed E-state index contributed by atoms with van der Waals surface area (Å²) in [5.74, 6) is 1.20. The monoisotopic (exact) mass is 513 g/mol. The van der Waals surface area contributed by atoms with Crippen LogP contribution in [0.3, 0.4) is 0 Å². The molecule has 4 aliphatic carbocycles. The molecule has 8 nitrogen and oxygen atoms in total. The van der Waals surface area contributed by atoms with Crippen LogP contribution in [0.2, 0.25) is 0 Å². The summed E-state index contributed by atoms with van der Waals surface area (Å²) in [5.41, 5.74) is 1.06. The van der Waals surface area contributed by atoms with Crippen molar-refractivity contribution in [2.24, 2.45) is 28.6 Å². The van der Waals surface area contributed by atoms with Crippen LogP contribution in [0.25, 0.3) is 0 Å². The molecule has 1 spiro atoms. The fourth-order valence-corrected chi connectivity index (χ4v) is 9.45. The SMILES string of the molecule is C[C@]12CC[C@H](OC(=O)NCCCC(=O)O)C[C@H]1CC[C@@H]1[C@@H]2CC[C@]2(C)[C@@H](c3ccc(=O)oc3)C[C@H]3O[C@]132. The maximum atomic E-state index is 12.3. The molecule has 2 heterocycles. The standard InChI is InChI=1S/C29H39NO7/c1-27-11-9-19(36-26(34)30-13-3-4-24(31)32)14-18(27)6-7-21-20(27)10-12-28(2)22(15-23-29(21,28)37-23)17-5-8-25(33)35-16-17/h5,8,16,18-23H,3-4,6-7,9-15H2,1-2H3,(H,30,34)(H,31,32)/t18-,19+,20+,21-,22-,23-,27+,28-,29-/m1/s1. The summed E-state index contributed by atoms with van der Waals surface area (Å²) in [6, 6.07) is 3.50. The summed E-state index contributed by atoms with van der Waals surface area (Å²) in [7, 11) is 0. The Bertz CT molecular complexity index is 1110. The maximum Gasteiger partial charge on any atom is 0.407 e. The third-order valence-corrected chi connectivity index (χ3v) is 11.3. The van der Waals surface area contributed by atoms with Crippen LogP contribution in [0.5, 0.6) is 0 Å². The molecule has 4 saturated carbocycles. The maximum absolute atomic E-state index is 12.3. The number of carbonyl (C=O) groups is 2. The van der Waals surface area contributed by atoms with Crippen molar-refractivity contribution < 1.29 is 28.6 Å². The first-order chi connectivity index (χ1) is 17.7. The number of aliphatic carboxylic acids is 1. The summed E-state index contributed by atoms with van der Waals surface area (Å²) < 4.78 is 17.7. The van der Waals surface area contributed by atoms with E-state index in [0.29, 0.717) is 42.7 Å². The summed E-state index contributed by atoms with van der Waals surface area (Å²) in [5, 5.41) is 11.5. The Kier molecular flexibility index (Phi) is 5.97. The van der Waals surface area contributed by atoms with Gasteiger partial charge < -0.3 is 24.3 Å². The number of rotatable bonds is 6. The smallest absolute Gasteiger partial charge is 0.407 e. The highest BCUT2D eigenvalue weighted by molar-refractivity contribution is 5.68. The lowest BCUT2D eigenvalue weighted by molar-refractivity contribution is -0.139. The van der Waals surface area contributed by atoms with Gasteiger partial charge in [-0.1, -0.05) is 13.8 Å². The molecule has 1 aliphatic heterocycles. The van der Waals surface area contributed by atoms with Gasteiger partial charge in [0.15, 0.2) is 0 Å². The first kappa shape index (κ1) is 25.0. The molecular weight excluding hydrogens is 474 g/mol. The van der Waals surface area contributed by atoms with Crippen molar-refractivity contribution in [3.05, 3.63) is 34.4 Å². The van der Waals surface area contributed by atoms with Gasteiger partial charge in [0.1, 0.15) is 11.7 Å². The summed E-state index contributed by atoms with van der Waals surface area (Å²) in [6.07, 6.45) is 10.4. The average molecular weight is 514 g/mol. The average Bonchev–Trinajstić information content (AvgIpc) is 3.52. The van der Waals surface area contributed by atoms with E-state index in [4.69, 9.17) is 19.0 Å². The summed E-state index contributed by atoms with van der Waals surface area (Å²) >= 11 is 0. The lowest BCUT2D eigenvalue weighted by atomic mass is 9.44. The second-order valence-corrected chi connectivity index (χ2v) is 12.8. The van der Waals surface area contributed by atoms with Crippen molar-refractivity contribution in [2.45, 2.75) is 102 Å². The zero-order chi connectivity index (χ0) is 26.0. The Morgan fingerprint density at radius 1 is 1.11 bits per heavy atom. The fraction of sp³-hybridized carbons (Fsp3) is 0.759. The number of fused-ring (bicyclic) bond motifs is 3. The summed E-state index contributed by atoms with van der Waals surface area (Å²) in [4.78, 5) is 34.5. The van der Waals surface area contributed by atoms with E-state index in [0.717, 1.165) is 50.5 Å². The third-order valence-electron chi connectivity index (χ3n) is 11.3. The van der Waals surface area contributed by atoms with Crippen molar-refractivity contribution >= 4 is 12.1 Å². The highest BCUT2D eigenvalue weighted by Crippen LogP contribution is 2.78. The van der Waals surface area contributed by atoms with E-state index in [2.05, 4.69) is 19.2 Å². The van der Waals surface area contributed by atoms with Gasteiger partial charge in [-0.15, -0.1) is 0 Å². The van der Waals surface area contributed by atoms with E-state index in [1.165, 1.54) is 6.42 Å². The first-order valence-electron chi connectivity index (χ1n) is 14.1. The molecule has 0 aromatic carbocycles. The molecule has 8 heteroatoms. The van der Waals surface area contributed by atoms with Crippen LogP contribution in [-0.4, -0.2) is 41.5 Å². The molecule has 1 aromatic heterocycles. The number of hydrogen-bond acceptors (Lipinski definition) is 6. The van der Waals surface area contributed by atoms with E-state index in [1.54, 1.807) is 12.3 Å². The number of hydrogen-bond donors (Lipinski definition) is 2. The molecule has 1 amide bonds. The number of carboxylic acid groups (broad SMARTS) is 1. The van der Waals surface area contributed by atoms with Gasteiger partial charge in [0.2, 0.25) is 0 Å². The molecule has 37 heavy (non-hydrogen) atoms. The molecular formula is C29H39NO7. The zero-order valence-electron chi connectivity index (χ0n) is 21.9. The molecule has 1 saturated heterocycles. The Balaban J connectivity index is 1.12. The Morgan fingerprint density at radius 2 is 1.95 bits per heavy atom. The second-order valence-electron chi connectivity index (χ2n) is 12.8. The zero-order valence-corrected chi connectivity index (χ0v) is 21.9. The summed E-state index contributed by atoms with van der Waals surface area (Å²) in [6.45, 7) is 5.22. The minimum atomic E-state index is -0.857. The Labute approximate surface area is 217 Å². The van der Waals surface area contributed by atoms with Crippen LogP contribution >= 0.6 is 0 Å². The van der Waals surface area contributed by atoms with Crippen LogP contribution in [0.1, 0.15) is 89.5 Å². The molecule has 202 valence electrons. The highest BCUT2D eigenvalue weighted by atomic mass is 16.6.